The van der Waals surface area contributed by atoms with Gasteiger partial charge in [-0.25, -0.2) is 0 Å². The lowest BCUT2D eigenvalue weighted by Gasteiger charge is -2.39. The monoisotopic (exact) mass is 450 g/mol. The van der Waals surface area contributed by atoms with Crippen molar-refractivity contribution in [1.29, 1.82) is 0 Å². The second-order valence-corrected chi connectivity index (χ2v) is 10.5. The topological polar surface area (TPSA) is 73.0 Å². The minimum atomic E-state index is -0.577. The molecule has 184 valence electrons. The number of carbonyl (C=O) groups excluding carboxylic acids is 3. The maximum Gasteiger partial charge on any atom is 0.225 e. The smallest absolute Gasteiger partial charge is 0.225 e. The molecule has 7 nitrogen and oxygen atoms in total. The average molecular weight is 451 g/mol. The summed E-state index contributed by atoms with van der Waals surface area (Å²) in [5.74, 6) is 0.486. The highest BCUT2D eigenvalue weighted by Crippen LogP contribution is 2.32. The number of carbonyl (C=O) groups is 3. The molecule has 0 aromatic rings. The van der Waals surface area contributed by atoms with E-state index in [2.05, 4.69) is 22.0 Å². The van der Waals surface area contributed by atoms with Crippen LogP contribution in [0, 0.1) is 5.41 Å². The van der Waals surface area contributed by atoms with E-state index in [1.807, 2.05) is 32.8 Å². The first-order chi connectivity index (χ1) is 15.2. The van der Waals surface area contributed by atoms with Gasteiger partial charge in [-0.15, -0.1) is 0 Å². The van der Waals surface area contributed by atoms with Gasteiger partial charge in [0.25, 0.3) is 0 Å². The Morgan fingerprint density at radius 1 is 1.00 bits per heavy atom. The molecular formula is C25H46N4O3. The first-order valence-corrected chi connectivity index (χ1v) is 12.7. The van der Waals surface area contributed by atoms with Crippen molar-refractivity contribution in [3.8, 4) is 0 Å². The van der Waals surface area contributed by atoms with Gasteiger partial charge in [0.15, 0.2) is 0 Å². The maximum atomic E-state index is 13.0. The van der Waals surface area contributed by atoms with Crippen molar-refractivity contribution in [2.24, 2.45) is 5.41 Å². The summed E-state index contributed by atoms with van der Waals surface area (Å²) in [4.78, 5) is 44.6. The molecule has 2 atom stereocenters. The van der Waals surface area contributed by atoms with Crippen molar-refractivity contribution in [2.75, 3.05) is 40.3 Å². The fourth-order valence-electron chi connectivity index (χ4n) is 5.11. The number of nitrogens with one attached hydrogen (secondary N) is 1. The lowest BCUT2D eigenvalue weighted by atomic mass is 9.81. The number of rotatable bonds is 12. The maximum absolute atomic E-state index is 13.0. The summed E-state index contributed by atoms with van der Waals surface area (Å²) in [6, 6.07) is 0.103. The highest BCUT2D eigenvalue weighted by Gasteiger charge is 2.38. The van der Waals surface area contributed by atoms with Crippen LogP contribution in [0.15, 0.2) is 0 Å². The largest absolute Gasteiger partial charge is 0.356 e. The number of likely N-dealkylation sites (tertiary alicyclic amines) is 2. The summed E-state index contributed by atoms with van der Waals surface area (Å²) >= 11 is 0. The van der Waals surface area contributed by atoms with Gasteiger partial charge in [0.05, 0.1) is 0 Å². The first-order valence-electron chi connectivity index (χ1n) is 12.7. The normalized spacial score (nSPS) is 19.9. The van der Waals surface area contributed by atoms with Crippen LogP contribution in [0.4, 0.5) is 0 Å². The molecule has 2 rings (SSSR count). The molecule has 2 saturated heterocycles. The Bertz CT molecular complexity index is 635. The third-order valence-electron chi connectivity index (χ3n) is 7.05. The van der Waals surface area contributed by atoms with Gasteiger partial charge in [0, 0.05) is 50.0 Å². The van der Waals surface area contributed by atoms with Crippen LogP contribution in [0.1, 0.15) is 85.0 Å². The predicted molar refractivity (Wildman–Crippen MR) is 128 cm³/mol. The zero-order chi connectivity index (χ0) is 23.7. The van der Waals surface area contributed by atoms with Crippen molar-refractivity contribution in [1.82, 2.24) is 20.0 Å². The molecule has 3 amide bonds. The van der Waals surface area contributed by atoms with Gasteiger partial charge in [-0.05, 0) is 65.6 Å². The summed E-state index contributed by atoms with van der Waals surface area (Å²) < 4.78 is 0. The van der Waals surface area contributed by atoms with E-state index >= 15 is 0 Å². The van der Waals surface area contributed by atoms with Crippen molar-refractivity contribution in [2.45, 2.75) is 97.1 Å². The Morgan fingerprint density at radius 2 is 1.62 bits per heavy atom. The molecule has 0 aromatic heterocycles. The fourth-order valence-corrected chi connectivity index (χ4v) is 5.11. The quantitative estimate of drug-likeness (QED) is 0.464. The highest BCUT2D eigenvalue weighted by molar-refractivity contribution is 5.82. The average Bonchev–Trinajstić information content (AvgIpc) is 3.05. The Morgan fingerprint density at radius 3 is 2.25 bits per heavy atom. The van der Waals surface area contributed by atoms with Crippen LogP contribution in [0.3, 0.4) is 0 Å². The molecule has 7 heteroatoms. The Kier molecular flexibility index (Phi) is 10.5. The van der Waals surface area contributed by atoms with Crippen LogP contribution in [-0.2, 0) is 14.4 Å². The third-order valence-corrected chi connectivity index (χ3v) is 7.05. The lowest BCUT2D eigenvalue weighted by Crippen LogP contribution is -2.49. The second kappa shape index (κ2) is 12.6. The van der Waals surface area contributed by atoms with Crippen LogP contribution < -0.4 is 5.32 Å². The van der Waals surface area contributed by atoms with E-state index in [-0.39, 0.29) is 29.8 Å². The van der Waals surface area contributed by atoms with E-state index in [9.17, 15) is 14.4 Å². The Balaban J connectivity index is 2.09. The number of hydrogen-bond donors (Lipinski definition) is 1. The standard InChI is InChI=1S/C25H46N4O3/c1-6-20(28-16-9-7-8-12-22(28)30)18-21(29-17-10-13-23(29)31)19-25(2,3)24(32)26-14-11-15-27(4)5/h20-21H,6-19H2,1-5H3,(H,26,32). The molecule has 2 heterocycles. The van der Waals surface area contributed by atoms with Crippen LogP contribution >= 0.6 is 0 Å². The molecule has 0 saturated carbocycles. The number of amides is 3. The minimum absolute atomic E-state index is 0.0199. The molecule has 0 radical (unpaired) electrons. The number of hydrogen-bond acceptors (Lipinski definition) is 4. The third kappa shape index (κ3) is 7.75. The fraction of sp³-hybridized carbons (Fsp3) is 0.880. The predicted octanol–water partition coefficient (Wildman–Crippen LogP) is 3.03. The lowest BCUT2D eigenvalue weighted by molar-refractivity contribution is -0.136. The van der Waals surface area contributed by atoms with Crippen molar-refractivity contribution >= 4 is 17.7 Å². The van der Waals surface area contributed by atoms with Gasteiger partial charge in [-0.2, -0.15) is 0 Å². The van der Waals surface area contributed by atoms with Gasteiger partial charge in [0.2, 0.25) is 17.7 Å². The molecule has 0 aromatic carbocycles. The zero-order valence-corrected chi connectivity index (χ0v) is 21.1. The highest BCUT2D eigenvalue weighted by atomic mass is 16.2. The summed E-state index contributed by atoms with van der Waals surface area (Å²) in [5, 5.41) is 3.10. The molecule has 32 heavy (non-hydrogen) atoms. The SMILES string of the molecule is CCC(CC(CC(C)(C)C(=O)NCCCN(C)C)N1CCCC1=O)N1CCCCCC1=O. The second-order valence-electron chi connectivity index (χ2n) is 10.5. The summed E-state index contributed by atoms with van der Waals surface area (Å²) in [6.07, 6.45) is 8.40. The first kappa shape index (κ1) is 26.6. The van der Waals surface area contributed by atoms with Crippen LogP contribution in [0.5, 0.6) is 0 Å². The van der Waals surface area contributed by atoms with Crippen molar-refractivity contribution in [3.63, 3.8) is 0 Å². The molecule has 1 N–H and O–H groups in total. The van der Waals surface area contributed by atoms with E-state index in [1.54, 1.807) is 0 Å². The van der Waals surface area contributed by atoms with E-state index < -0.39 is 5.41 Å². The van der Waals surface area contributed by atoms with Crippen LogP contribution in [-0.4, -0.2) is 84.8 Å². The van der Waals surface area contributed by atoms with Crippen LogP contribution in [0.2, 0.25) is 0 Å². The van der Waals surface area contributed by atoms with E-state index in [4.69, 9.17) is 0 Å². The van der Waals surface area contributed by atoms with Crippen molar-refractivity contribution in [3.05, 3.63) is 0 Å². The zero-order valence-electron chi connectivity index (χ0n) is 21.1. The molecule has 2 unspecified atom stereocenters. The molecule has 2 aliphatic heterocycles. The molecule has 2 aliphatic rings. The van der Waals surface area contributed by atoms with E-state index in [1.165, 1.54) is 0 Å². The molecule has 0 spiro atoms. The van der Waals surface area contributed by atoms with Gasteiger partial charge in [-0.1, -0.05) is 27.2 Å². The molecule has 0 aliphatic carbocycles. The Hall–Kier alpha value is -1.63. The van der Waals surface area contributed by atoms with Gasteiger partial charge >= 0.3 is 0 Å². The van der Waals surface area contributed by atoms with Gasteiger partial charge < -0.3 is 20.0 Å². The summed E-state index contributed by atoms with van der Waals surface area (Å²) in [7, 11) is 4.06. The van der Waals surface area contributed by atoms with Gasteiger partial charge in [0.1, 0.15) is 0 Å². The molecule has 0 bridgehead atoms. The minimum Gasteiger partial charge on any atom is -0.356 e. The van der Waals surface area contributed by atoms with E-state index in [0.29, 0.717) is 25.8 Å². The van der Waals surface area contributed by atoms with Crippen molar-refractivity contribution < 1.29 is 14.4 Å². The summed E-state index contributed by atoms with van der Waals surface area (Å²) in [6.45, 7) is 9.28. The molecule has 2 fully saturated rings. The molecular weight excluding hydrogens is 404 g/mol. The van der Waals surface area contributed by atoms with Crippen LogP contribution in [0.25, 0.3) is 0 Å². The van der Waals surface area contributed by atoms with Gasteiger partial charge in [-0.3, -0.25) is 14.4 Å². The Labute approximate surface area is 195 Å². The number of nitrogens with zero attached hydrogens (tertiary/aromatic N) is 3. The van der Waals surface area contributed by atoms with E-state index in [0.717, 1.165) is 64.6 Å². The summed E-state index contributed by atoms with van der Waals surface area (Å²) in [5.41, 5.74) is -0.577.